The van der Waals surface area contributed by atoms with E-state index in [0.717, 1.165) is 44.3 Å². The standard InChI is InChI=1S/C18H25FN2O2/c1-2-23-16-4-3-11-21(12-16)17(18(22)20-15-9-10-15)13-5-7-14(19)8-6-13/h5-8,15-17H,2-4,9-12H2,1H3,(H,20,22)/t16-,17+/m1/s1. The fourth-order valence-corrected chi connectivity index (χ4v) is 3.25. The van der Waals surface area contributed by atoms with Crippen molar-refractivity contribution < 1.29 is 13.9 Å². The summed E-state index contributed by atoms with van der Waals surface area (Å²) in [5.41, 5.74) is 0.849. The zero-order valence-corrected chi connectivity index (χ0v) is 13.6. The third-order valence-corrected chi connectivity index (χ3v) is 4.53. The van der Waals surface area contributed by atoms with Gasteiger partial charge >= 0.3 is 0 Å². The third kappa shape index (κ3) is 4.30. The number of ether oxygens (including phenoxy) is 1. The zero-order chi connectivity index (χ0) is 16.2. The maximum Gasteiger partial charge on any atom is 0.242 e. The van der Waals surface area contributed by atoms with Crippen molar-refractivity contribution in [2.45, 2.75) is 50.8 Å². The van der Waals surface area contributed by atoms with Crippen LogP contribution in [0.25, 0.3) is 0 Å². The van der Waals surface area contributed by atoms with Crippen LogP contribution in [0.15, 0.2) is 24.3 Å². The summed E-state index contributed by atoms with van der Waals surface area (Å²) in [4.78, 5) is 14.9. The molecule has 0 bridgehead atoms. The highest BCUT2D eigenvalue weighted by Gasteiger charge is 2.34. The predicted molar refractivity (Wildman–Crippen MR) is 86.5 cm³/mol. The maximum atomic E-state index is 13.2. The Labute approximate surface area is 137 Å². The lowest BCUT2D eigenvalue weighted by Crippen LogP contribution is -2.47. The Bertz CT molecular complexity index is 528. The first-order chi connectivity index (χ1) is 11.2. The number of piperidine rings is 1. The minimum Gasteiger partial charge on any atom is -0.377 e. The van der Waals surface area contributed by atoms with E-state index in [9.17, 15) is 9.18 Å². The van der Waals surface area contributed by atoms with Crippen molar-refractivity contribution in [1.29, 1.82) is 0 Å². The van der Waals surface area contributed by atoms with E-state index in [1.165, 1.54) is 12.1 Å². The van der Waals surface area contributed by atoms with Gasteiger partial charge < -0.3 is 10.1 Å². The van der Waals surface area contributed by atoms with Crippen LogP contribution in [0.3, 0.4) is 0 Å². The van der Waals surface area contributed by atoms with Gasteiger partial charge in [0, 0.05) is 19.2 Å². The number of likely N-dealkylation sites (tertiary alicyclic amines) is 1. The lowest BCUT2D eigenvalue weighted by Gasteiger charge is -2.37. The molecular formula is C18H25FN2O2. The Balaban J connectivity index is 1.78. The molecule has 1 aromatic carbocycles. The van der Waals surface area contributed by atoms with Crippen molar-refractivity contribution in [2.24, 2.45) is 0 Å². The summed E-state index contributed by atoms with van der Waals surface area (Å²) in [6.45, 7) is 4.29. The summed E-state index contributed by atoms with van der Waals surface area (Å²) in [6, 6.07) is 6.25. The molecule has 2 fully saturated rings. The van der Waals surface area contributed by atoms with Gasteiger partial charge in [-0.25, -0.2) is 4.39 Å². The van der Waals surface area contributed by atoms with Crippen LogP contribution in [0.5, 0.6) is 0 Å². The number of nitrogens with one attached hydrogen (secondary N) is 1. The van der Waals surface area contributed by atoms with Gasteiger partial charge in [-0.1, -0.05) is 12.1 Å². The highest BCUT2D eigenvalue weighted by molar-refractivity contribution is 5.83. The molecule has 126 valence electrons. The van der Waals surface area contributed by atoms with Crippen molar-refractivity contribution in [2.75, 3.05) is 19.7 Å². The molecule has 1 amide bonds. The molecule has 1 aliphatic carbocycles. The zero-order valence-electron chi connectivity index (χ0n) is 13.6. The lowest BCUT2D eigenvalue weighted by molar-refractivity contribution is -0.128. The molecule has 1 N–H and O–H groups in total. The molecule has 23 heavy (non-hydrogen) atoms. The smallest absolute Gasteiger partial charge is 0.242 e. The van der Waals surface area contributed by atoms with Gasteiger partial charge in [-0.2, -0.15) is 0 Å². The van der Waals surface area contributed by atoms with Crippen LogP contribution >= 0.6 is 0 Å². The van der Waals surface area contributed by atoms with Gasteiger partial charge in [0.05, 0.1) is 6.10 Å². The van der Waals surface area contributed by atoms with Gasteiger partial charge in [0.2, 0.25) is 5.91 Å². The highest BCUT2D eigenvalue weighted by atomic mass is 19.1. The molecule has 5 heteroatoms. The molecule has 4 nitrogen and oxygen atoms in total. The Hall–Kier alpha value is -1.46. The largest absolute Gasteiger partial charge is 0.377 e. The number of carbonyl (C=O) groups is 1. The molecular weight excluding hydrogens is 295 g/mol. The number of hydrogen-bond acceptors (Lipinski definition) is 3. The van der Waals surface area contributed by atoms with Crippen LogP contribution in [-0.2, 0) is 9.53 Å². The summed E-state index contributed by atoms with van der Waals surface area (Å²) < 4.78 is 19.0. The van der Waals surface area contributed by atoms with E-state index in [4.69, 9.17) is 4.74 Å². The maximum absolute atomic E-state index is 13.2. The molecule has 0 spiro atoms. The van der Waals surface area contributed by atoms with Gasteiger partial charge in [0.1, 0.15) is 11.9 Å². The number of nitrogens with zero attached hydrogens (tertiary/aromatic N) is 1. The lowest BCUT2D eigenvalue weighted by atomic mass is 9.99. The topological polar surface area (TPSA) is 41.6 Å². The second-order valence-electron chi connectivity index (χ2n) is 6.45. The number of benzene rings is 1. The van der Waals surface area contributed by atoms with Gasteiger partial charge in [-0.15, -0.1) is 0 Å². The van der Waals surface area contributed by atoms with E-state index in [1.807, 2.05) is 6.92 Å². The Morgan fingerprint density at radius 3 is 2.74 bits per heavy atom. The van der Waals surface area contributed by atoms with Crippen LogP contribution in [0.2, 0.25) is 0 Å². The van der Waals surface area contributed by atoms with Crippen molar-refractivity contribution in [3.63, 3.8) is 0 Å². The summed E-state index contributed by atoms with van der Waals surface area (Å²) in [5, 5.41) is 3.10. The summed E-state index contributed by atoms with van der Waals surface area (Å²) in [5.74, 6) is -0.253. The molecule has 0 aromatic heterocycles. The molecule has 1 saturated carbocycles. The fraction of sp³-hybridized carbons (Fsp3) is 0.611. The Kier molecular flexibility index (Phi) is 5.28. The second-order valence-corrected chi connectivity index (χ2v) is 6.45. The normalized spacial score (nSPS) is 23.5. The minimum atomic E-state index is -0.362. The van der Waals surface area contributed by atoms with Crippen LogP contribution in [0.1, 0.15) is 44.2 Å². The van der Waals surface area contributed by atoms with Crippen molar-refractivity contribution in [3.8, 4) is 0 Å². The number of rotatable bonds is 6. The average Bonchev–Trinajstić information content (AvgIpc) is 3.34. The predicted octanol–water partition coefficient (Wildman–Crippen LogP) is 2.65. The van der Waals surface area contributed by atoms with Crippen molar-refractivity contribution in [3.05, 3.63) is 35.6 Å². The van der Waals surface area contributed by atoms with Gasteiger partial charge in [0.25, 0.3) is 0 Å². The van der Waals surface area contributed by atoms with E-state index < -0.39 is 0 Å². The number of hydrogen-bond donors (Lipinski definition) is 1. The van der Waals surface area contributed by atoms with E-state index in [1.54, 1.807) is 12.1 Å². The molecule has 2 atom stereocenters. The van der Waals surface area contributed by atoms with Crippen LogP contribution < -0.4 is 5.32 Å². The van der Waals surface area contributed by atoms with Gasteiger partial charge in [-0.05, 0) is 56.8 Å². The summed E-state index contributed by atoms with van der Waals surface area (Å²) >= 11 is 0. The van der Waals surface area contributed by atoms with Crippen molar-refractivity contribution >= 4 is 5.91 Å². The molecule has 1 aromatic rings. The first kappa shape index (κ1) is 16.4. The van der Waals surface area contributed by atoms with Crippen LogP contribution in [0.4, 0.5) is 4.39 Å². The molecule has 2 aliphatic rings. The molecule has 1 aliphatic heterocycles. The first-order valence-corrected chi connectivity index (χ1v) is 8.59. The van der Waals surface area contributed by atoms with E-state index in [0.29, 0.717) is 12.6 Å². The third-order valence-electron chi connectivity index (χ3n) is 4.53. The quantitative estimate of drug-likeness (QED) is 0.876. The molecule has 0 radical (unpaired) electrons. The monoisotopic (exact) mass is 320 g/mol. The first-order valence-electron chi connectivity index (χ1n) is 8.59. The second kappa shape index (κ2) is 7.41. The SMILES string of the molecule is CCO[C@@H]1CCCN([C@H](C(=O)NC2CC2)c2ccc(F)cc2)C1. The number of amides is 1. The summed E-state index contributed by atoms with van der Waals surface area (Å²) in [6.07, 6.45) is 4.34. The van der Waals surface area contributed by atoms with E-state index in [2.05, 4.69) is 10.2 Å². The van der Waals surface area contributed by atoms with Crippen LogP contribution in [-0.4, -0.2) is 42.6 Å². The number of carbonyl (C=O) groups excluding carboxylic acids is 1. The average molecular weight is 320 g/mol. The Morgan fingerprint density at radius 1 is 1.35 bits per heavy atom. The minimum absolute atomic E-state index is 0.0243. The molecule has 1 saturated heterocycles. The highest BCUT2D eigenvalue weighted by Crippen LogP contribution is 2.28. The fourth-order valence-electron chi connectivity index (χ4n) is 3.25. The summed E-state index contributed by atoms with van der Waals surface area (Å²) in [7, 11) is 0. The Morgan fingerprint density at radius 2 is 2.09 bits per heavy atom. The van der Waals surface area contributed by atoms with Gasteiger partial charge in [0.15, 0.2) is 0 Å². The van der Waals surface area contributed by atoms with Crippen molar-refractivity contribution in [1.82, 2.24) is 10.2 Å². The van der Waals surface area contributed by atoms with Gasteiger partial charge in [-0.3, -0.25) is 9.69 Å². The van der Waals surface area contributed by atoms with E-state index in [-0.39, 0.29) is 23.9 Å². The molecule has 0 unspecified atom stereocenters. The van der Waals surface area contributed by atoms with Crippen LogP contribution in [0, 0.1) is 5.82 Å². The number of halogens is 1. The molecule has 3 rings (SSSR count). The van der Waals surface area contributed by atoms with E-state index >= 15 is 0 Å². The molecule has 1 heterocycles.